The third kappa shape index (κ3) is 5.56. The Morgan fingerprint density at radius 1 is 1.25 bits per heavy atom. The van der Waals surface area contributed by atoms with Gasteiger partial charge in [-0.25, -0.2) is 13.1 Å². The van der Waals surface area contributed by atoms with Crippen molar-refractivity contribution in [2.45, 2.75) is 32.4 Å². The minimum atomic E-state index is -3.30. The number of hydrogen-bond acceptors (Lipinski definition) is 3. The molecule has 0 fully saturated rings. The normalized spacial score (nSPS) is 11.8. The van der Waals surface area contributed by atoms with Gasteiger partial charge < -0.3 is 5.73 Å². The summed E-state index contributed by atoms with van der Waals surface area (Å²) in [6, 6.07) is 6.97. The van der Waals surface area contributed by atoms with E-state index in [0.717, 1.165) is 24.0 Å². The fraction of sp³-hybridized carbons (Fsp3) is 0.500. The Bertz CT molecular complexity index is 535. The summed E-state index contributed by atoms with van der Waals surface area (Å²) in [4.78, 5) is 0.311. The van der Waals surface area contributed by atoms with E-state index in [1.165, 1.54) is 0 Å². The maximum Gasteiger partial charge on any atom is 0.215 e. The standard InChI is InChI=1S/C14H22N2O2S2/c1-3-11(4-2)9-16-20(17,18)10-12-5-7-13(8-6-12)14(15)19/h5-8,11,16H,3-4,9-10H2,1-2H3,(H2,15,19). The highest BCUT2D eigenvalue weighted by Gasteiger charge is 2.13. The Hall–Kier alpha value is -0.980. The van der Waals surface area contributed by atoms with E-state index in [9.17, 15) is 8.42 Å². The van der Waals surface area contributed by atoms with Crippen molar-refractivity contribution in [1.29, 1.82) is 0 Å². The summed E-state index contributed by atoms with van der Waals surface area (Å²) >= 11 is 4.86. The predicted octanol–water partition coefficient (Wildman–Crippen LogP) is 2.18. The molecule has 0 amide bonds. The molecule has 0 bridgehead atoms. The number of hydrogen-bond donors (Lipinski definition) is 2. The lowest BCUT2D eigenvalue weighted by Gasteiger charge is -2.13. The molecule has 0 aliphatic carbocycles. The molecule has 3 N–H and O–H groups in total. The van der Waals surface area contributed by atoms with E-state index in [-0.39, 0.29) is 5.75 Å². The van der Waals surface area contributed by atoms with E-state index in [1.54, 1.807) is 24.3 Å². The van der Waals surface area contributed by atoms with Gasteiger partial charge in [-0.1, -0.05) is 63.2 Å². The molecule has 0 unspecified atom stereocenters. The third-order valence-corrected chi connectivity index (χ3v) is 4.90. The van der Waals surface area contributed by atoms with Crippen molar-refractivity contribution in [2.75, 3.05) is 6.54 Å². The summed E-state index contributed by atoms with van der Waals surface area (Å²) in [6.45, 7) is 4.63. The molecule has 1 aromatic rings. The van der Waals surface area contributed by atoms with E-state index in [4.69, 9.17) is 18.0 Å². The van der Waals surface area contributed by atoms with Crippen molar-refractivity contribution in [3.8, 4) is 0 Å². The predicted molar refractivity (Wildman–Crippen MR) is 87.0 cm³/mol. The molecule has 1 aromatic carbocycles. The molecule has 0 aliphatic rings. The van der Waals surface area contributed by atoms with Crippen LogP contribution in [0.25, 0.3) is 0 Å². The van der Waals surface area contributed by atoms with Crippen molar-refractivity contribution >= 4 is 27.2 Å². The zero-order valence-electron chi connectivity index (χ0n) is 11.9. The highest BCUT2D eigenvalue weighted by Crippen LogP contribution is 2.10. The van der Waals surface area contributed by atoms with Crippen LogP contribution in [-0.2, 0) is 15.8 Å². The highest BCUT2D eigenvalue weighted by molar-refractivity contribution is 7.88. The smallest absolute Gasteiger partial charge is 0.215 e. The average Bonchev–Trinajstić information content (AvgIpc) is 2.40. The van der Waals surface area contributed by atoms with Gasteiger partial charge in [0, 0.05) is 12.1 Å². The maximum atomic E-state index is 12.0. The van der Waals surface area contributed by atoms with Gasteiger partial charge >= 0.3 is 0 Å². The van der Waals surface area contributed by atoms with Crippen LogP contribution in [0.3, 0.4) is 0 Å². The van der Waals surface area contributed by atoms with E-state index >= 15 is 0 Å². The second-order valence-electron chi connectivity index (χ2n) is 4.85. The van der Waals surface area contributed by atoms with Crippen molar-refractivity contribution in [3.05, 3.63) is 35.4 Å². The molecule has 0 aliphatic heterocycles. The average molecular weight is 314 g/mol. The molecule has 0 heterocycles. The minimum Gasteiger partial charge on any atom is -0.389 e. The summed E-state index contributed by atoms with van der Waals surface area (Å²) in [5, 5.41) is 0. The van der Waals surface area contributed by atoms with Crippen LogP contribution in [0.5, 0.6) is 0 Å². The minimum absolute atomic E-state index is 0.0231. The van der Waals surface area contributed by atoms with Crippen molar-refractivity contribution in [3.63, 3.8) is 0 Å². The van der Waals surface area contributed by atoms with E-state index in [2.05, 4.69) is 18.6 Å². The third-order valence-electron chi connectivity index (χ3n) is 3.34. The van der Waals surface area contributed by atoms with Crippen LogP contribution in [0.4, 0.5) is 0 Å². The number of sulfonamides is 1. The first-order valence-electron chi connectivity index (χ1n) is 6.74. The highest BCUT2D eigenvalue weighted by atomic mass is 32.2. The van der Waals surface area contributed by atoms with Crippen molar-refractivity contribution < 1.29 is 8.42 Å². The van der Waals surface area contributed by atoms with Gasteiger partial charge in [-0.15, -0.1) is 0 Å². The Labute approximate surface area is 126 Å². The summed E-state index contributed by atoms with van der Waals surface area (Å²) in [7, 11) is -3.30. The molecule has 112 valence electrons. The van der Waals surface area contributed by atoms with Gasteiger partial charge in [0.05, 0.1) is 5.75 Å². The molecule has 0 atom stereocenters. The number of benzene rings is 1. The van der Waals surface area contributed by atoms with Crippen LogP contribution in [-0.4, -0.2) is 20.0 Å². The summed E-state index contributed by atoms with van der Waals surface area (Å²) in [5.41, 5.74) is 6.97. The van der Waals surface area contributed by atoms with E-state index < -0.39 is 10.0 Å². The topological polar surface area (TPSA) is 72.2 Å². The summed E-state index contributed by atoms with van der Waals surface area (Å²) < 4.78 is 26.7. The molecular formula is C14H22N2O2S2. The monoisotopic (exact) mass is 314 g/mol. The summed E-state index contributed by atoms with van der Waals surface area (Å²) in [6.07, 6.45) is 1.95. The zero-order chi connectivity index (χ0) is 15.2. The van der Waals surface area contributed by atoms with Gasteiger partial charge in [0.15, 0.2) is 0 Å². The van der Waals surface area contributed by atoms with Crippen LogP contribution in [0.2, 0.25) is 0 Å². The van der Waals surface area contributed by atoms with Gasteiger partial charge in [0.25, 0.3) is 0 Å². The number of nitrogens with two attached hydrogens (primary N) is 1. The second-order valence-corrected chi connectivity index (χ2v) is 7.10. The van der Waals surface area contributed by atoms with Gasteiger partial charge in [0.2, 0.25) is 10.0 Å². The maximum absolute atomic E-state index is 12.0. The van der Waals surface area contributed by atoms with E-state index in [0.29, 0.717) is 17.5 Å². The molecule has 0 radical (unpaired) electrons. The van der Waals surface area contributed by atoms with E-state index in [1.807, 2.05) is 0 Å². The van der Waals surface area contributed by atoms with Crippen LogP contribution < -0.4 is 10.5 Å². The van der Waals surface area contributed by atoms with Crippen molar-refractivity contribution in [2.24, 2.45) is 11.7 Å². The lowest BCUT2D eigenvalue weighted by molar-refractivity contribution is 0.478. The zero-order valence-corrected chi connectivity index (χ0v) is 13.6. The molecule has 0 saturated carbocycles. The molecule has 0 saturated heterocycles. The molecule has 1 rings (SSSR count). The largest absolute Gasteiger partial charge is 0.389 e. The Morgan fingerprint density at radius 2 is 1.80 bits per heavy atom. The molecule has 20 heavy (non-hydrogen) atoms. The Morgan fingerprint density at radius 3 is 2.25 bits per heavy atom. The fourth-order valence-electron chi connectivity index (χ4n) is 1.86. The van der Waals surface area contributed by atoms with Crippen LogP contribution in [0.1, 0.15) is 37.8 Å². The lowest BCUT2D eigenvalue weighted by atomic mass is 10.0. The SMILES string of the molecule is CCC(CC)CNS(=O)(=O)Cc1ccc(C(N)=S)cc1. The Balaban J connectivity index is 2.64. The first-order valence-corrected chi connectivity index (χ1v) is 8.80. The molecule has 4 nitrogen and oxygen atoms in total. The Kier molecular flexibility index (Phi) is 6.58. The molecular weight excluding hydrogens is 292 g/mol. The van der Waals surface area contributed by atoms with Gasteiger partial charge in [-0.05, 0) is 11.5 Å². The van der Waals surface area contributed by atoms with Gasteiger partial charge in [-0.3, -0.25) is 0 Å². The van der Waals surface area contributed by atoms with Crippen LogP contribution in [0, 0.1) is 5.92 Å². The lowest BCUT2D eigenvalue weighted by Crippen LogP contribution is -2.30. The van der Waals surface area contributed by atoms with Crippen LogP contribution >= 0.6 is 12.2 Å². The molecule has 0 spiro atoms. The van der Waals surface area contributed by atoms with Gasteiger partial charge in [0.1, 0.15) is 4.99 Å². The number of nitrogens with one attached hydrogen (secondary N) is 1. The van der Waals surface area contributed by atoms with Gasteiger partial charge in [-0.2, -0.15) is 0 Å². The number of rotatable bonds is 8. The van der Waals surface area contributed by atoms with Crippen molar-refractivity contribution in [1.82, 2.24) is 4.72 Å². The van der Waals surface area contributed by atoms with Crippen LogP contribution in [0.15, 0.2) is 24.3 Å². The second kappa shape index (κ2) is 7.71. The number of thiocarbonyl (C=S) groups is 1. The first kappa shape index (κ1) is 17.1. The molecule has 6 heteroatoms. The first-order chi connectivity index (χ1) is 9.38. The quantitative estimate of drug-likeness (QED) is 0.721. The summed E-state index contributed by atoms with van der Waals surface area (Å²) in [5.74, 6) is 0.367. The molecule has 0 aromatic heterocycles. The fourth-order valence-corrected chi connectivity index (χ4v) is 3.22.